The van der Waals surface area contributed by atoms with Gasteiger partial charge in [-0.25, -0.2) is 13.8 Å². The van der Waals surface area contributed by atoms with Gasteiger partial charge in [-0.1, -0.05) is 0 Å². The second kappa shape index (κ2) is 8.23. The molecule has 0 radical (unpaired) electrons. The van der Waals surface area contributed by atoms with Crippen LogP contribution >= 0.6 is 0 Å². The van der Waals surface area contributed by atoms with Gasteiger partial charge >= 0.3 is 5.69 Å². The Morgan fingerprint density at radius 2 is 1.83 bits per heavy atom. The first-order valence-corrected chi connectivity index (χ1v) is 8.42. The lowest BCUT2D eigenvalue weighted by molar-refractivity contribution is -0.248. The summed E-state index contributed by atoms with van der Waals surface area (Å²) in [6.45, 7) is -0.658. The molecule has 1 fully saturated rings. The summed E-state index contributed by atoms with van der Waals surface area (Å²) < 4.78 is 18.8. The SMILES string of the molecule is O=c1[nH]c(=O)n(-c2ccc(F)cc2)c(O)c1C=N[C@H]1[C@@H](O)[C@H](O)[C@@H](CO)O[C@H]1O. The number of hydrogen-bond donors (Lipinski definition) is 6. The van der Waals surface area contributed by atoms with Crippen molar-refractivity contribution in [2.75, 3.05) is 6.61 Å². The summed E-state index contributed by atoms with van der Waals surface area (Å²) in [7, 11) is 0. The molecular formula is C17H18FN3O8. The summed E-state index contributed by atoms with van der Waals surface area (Å²) in [5.74, 6) is -1.39. The molecule has 1 aliphatic rings. The van der Waals surface area contributed by atoms with E-state index in [-0.39, 0.29) is 5.69 Å². The number of aliphatic imine (C=N–C) groups is 1. The van der Waals surface area contributed by atoms with Gasteiger partial charge in [0.05, 0.1) is 12.3 Å². The van der Waals surface area contributed by atoms with Crippen molar-refractivity contribution in [3.05, 3.63) is 56.5 Å². The van der Waals surface area contributed by atoms with Gasteiger partial charge < -0.3 is 30.3 Å². The van der Waals surface area contributed by atoms with Crippen molar-refractivity contribution < 1.29 is 34.7 Å². The Balaban J connectivity index is 1.99. The summed E-state index contributed by atoms with van der Waals surface area (Å²) in [5, 5.41) is 49.3. The second-order valence-electron chi connectivity index (χ2n) is 6.31. The molecule has 0 saturated carbocycles. The van der Waals surface area contributed by atoms with E-state index in [1.54, 1.807) is 0 Å². The molecule has 11 nitrogen and oxygen atoms in total. The van der Waals surface area contributed by atoms with Crippen LogP contribution in [-0.4, -0.2) is 78.5 Å². The zero-order valence-electron chi connectivity index (χ0n) is 14.7. The van der Waals surface area contributed by atoms with E-state index < -0.39 is 65.8 Å². The number of nitrogens with zero attached hydrogens (tertiary/aromatic N) is 2. The predicted molar refractivity (Wildman–Crippen MR) is 95.6 cm³/mol. The number of H-pyrrole nitrogens is 1. The molecule has 0 amide bonds. The normalized spacial score (nSPS) is 27.4. The van der Waals surface area contributed by atoms with Gasteiger partial charge in [-0.3, -0.25) is 14.8 Å². The highest BCUT2D eigenvalue weighted by Crippen LogP contribution is 2.22. The number of aromatic nitrogens is 2. The quantitative estimate of drug-likeness (QED) is 0.301. The molecule has 2 heterocycles. The van der Waals surface area contributed by atoms with Crippen LogP contribution in [0, 0.1) is 5.82 Å². The van der Waals surface area contributed by atoms with E-state index in [4.69, 9.17) is 9.84 Å². The molecule has 1 aromatic heterocycles. The Kier molecular flexibility index (Phi) is 5.91. The van der Waals surface area contributed by atoms with E-state index in [1.807, 2.05) is 4.98 Å². The van der Waals surface area contributed by atoms with Crippen molar-refractivity contribution in [2.45, 2.75) is 30.6 Å². The fourth-order valence-electron chi connectivity index (χ4n) is 2.89. The average Bonchev–Trinajstić information content (AvgIpc) is 2.68. The van der Waals surface area contributed by atoms with Gasteiger partial charge in [0, 0.05) is 6.21 Å². The fraction of sp³-hybridized carbons (Fsp3) is 0.353. The Morgan fingerprint density at radius 3 is 2.45 bits per heavy atom. The second-order valence-corrected chi connectivity index (χ2v) is 6.31. The number of aromatic amines is 1. The van der Waals surface area contributed by atoms with Crippen LogP contribution in [0.1, 0.15) is 5.56 Å². The number of rotatable bonds is 4. The van der Waals surface area contributed by atoms with Gasteiger partial charge in [0.2, 0.25) is 5.88 Å². The summed E-state index contributed by atoms with van der Waals surface area (Å²) in [6, 6.07) is 3.04. The lowest BCUT2D eigenvalue weighted by Crippen LogP contribution is -2.57. The Labute approximate surface area is 161 Å². The van der Waals surface area contributed by atoms with E-state index in [1.165, 1.54) is 12.1 Å². The van der Waals surface area contributed by atoms with Crippen molar-refractivity contribution in [3.8, 4) is 11.6 Å². The molecule has 0 unspecified atom stereocenters. The number of benzene rings is 1. The molecular weight excluding hydrogens is 393 g/mol. The number of aliphatic hydroxyl groups excluding tert-OH is 4. The van der Waals surface area contributed by atoms with Crippen molar-refractivity contribution in [1.82, 2.24) is 9.55 Å². The molecule has 0 aliphatic carbocycles. The van der Waals surface area contributed by atoms with E-state index in [0.29, 0.717) is 4.57 Å². The minimum atomic E-state index is -1.72. The molecule has 5 atom stereocenters. The molecule has 1 saturated heterocycles. The van der Waals surface area contributed by atoms with Crippen molar-refractivity contribution in [2.24, 2.45) is 4.99 Å². The first kappa shape index (κ1) is 20.8. The molecule has 1 aromatic carbocycles. The van der Waals surface area contributed by atoms with Crippen molar-refractivity contribution in [3.63, 3.8) is 0 Å². The average molecular weight is 411 g/mol. The molecule has 0 spiro atoms. The molecule has 12 heteroatoms. The van der Waals surface area contributed by atoms with Crippen LogP contribution in [0.4, 0.5) is 4.39 Å². The topological polar surface area (TPSA) is 178 Å². The van der Waals surface area contributed by atoms with Gasteiger partial charge in [0.15, 0.2) is 6.29 Å². The van der Waals surface area contributed by atoms with Gasteiger partial charge in [-0.2, -0.15) is 0 Å². The zero-order valence-corrected chi connectivity index (χ0v) is 14.7. The molecule has 156 valence electrons. The third-order valence-corrected chi connectivity index (χ3v) is 4.45. The van der Waals surface area contributed by atoms with E-state index in [9.17, 15) is 34.4 Å². The van der Waals surface area contributed by atoms with Gasteiger partial charge in [0.1, 0.15) is 35.7 Å². The molecule has 2 aromatic rings. The highest BCUT2D eigenvalue weighted by Gasteiger charge is 2.43. The van der Waals surface area contributed by atoms with Crippen LogP contribution in [-0.2, 0) is 4.74 Å². The highest BCUT2D eigenvalue weighted by atomic mass is 19.1. The molecule has 29 heavy (non-hydrogen) atoms. The van der Waals surface area contributed by atoms with Crippen LogP contribution in [0.5, 0.6) is 5.88 Å². The Morgan fingerprint density at radius 1 is 1.17 bits per heavy atom. The molecule has 3 rings (SSSR count). The summed E-state index contributed by atoms with van der Waals surface area (Å²) in [5.41, 5.74) is -2.43. The molecule has 6 N–H and O–H groups in total. The van der Waals surface area contributed by atoms with Crippen LogP contribution in [0.3, 0.4) is 0 Å². The van der Waals surface area contributed by atoms with E-state index in [0.717, 1.165) is 18.3 Å². The fourth-order valence-corrected chi connectivity index (χ4v) is 2.89. The highest BCUT2D eigenvalue weighted by molar-refractivity contribution is 5.82. The monoisotopic (exact) mass is 411 g/mol. The number of halogens is 1. The largest absolute Gasteiger partial charge is 0.493 e. The van der Waals surface area contributed by atoms with Crippen LogP contribution in [0.25, 0.3) is 5.69 Å². The number of nitrogens with one attached hydrogen (secondary N) is 1. The number of hydrogen-bond acceptors (Lipinski definition) is 9. The first-order valence-electron chi connectivity index (χ1n) is 8.42. The predicted octanol–water partition coefficient (Wildman–Crippen LogP) is -2.41. The lowest BCUT2D eigenvalue weighted by atomic mass is 9.97. The van der Waals surface area contributed by atoms with Gasteiger partial charge in [-0.05, 0) is 24.3 Å². The van der Waals surface area contributed by atoms with Crippen LogP contribution in [0.2, 0.25) is 0 Å². The summed E-state index contributed by atoms with van der Waals surface area (Å²) in [6.07, 6.45) is -5.36. The standard InChI is InChI=1S/C17H18FN3O8/c18-7-1-3-8(4-2-7)21-15(26)9(14(25)20-17(21)28)5-19-11-13(24)12(23)10(6-22)29-16(11)27/h1-5,10-13,16,22-24,26-27H,6H2,(H,20,25,28)/t10-,11+,12-,13-,16-/m1/s1. The summed E-state index contributed by atoms with van der Waals surface area (Å²) in [4.78, 5) is 29.9. The lowest BCUT2D eigenvalue weighted by Gasteiger charge is -2.38. The van der Waals surface area contributed by atoms with Crippen molar-refractivity contribution in [1.29, 1.82) is 0 Å². The minimum Gasteiger partial charge on any atom is -0.493 e. The van der Waals surface area contributed by atoms with Crippen LogP contribution in [0.15, 0.2) is 38.8 Å². The summed E-state index contributed by atoms with van der Waals surface area (Å²) >= 11 is 0. The molecule has 0 bridgehead atoms. The molecule has 1 aliphatic heterocycles. The van der Waals surface area contributed by atoms with Gasteiger partial charge in [-0.15, -0.1) is 0 Å². The number of aromatic hydroxyl groups is 1. The third kappa shape index (κ3) is 3.97. The van der Waals surface area contributed by atoms with Crippen molar-refractivity contribution >= 4 is 6.21 Å². The van der Waals surface area contributed by atoms with E-state index >= 15 is 0 Å². The maximum Gasteiger partial charge on any atom is 0.335 e. The number of aliphatic hydroxyl groups is 4. The number of ether oxygens (including phenoxy) is 1. The third-order valence-electron chi connectivity index (χ3n) is 4.45. The Bertz CT molecular complexity index is 1020. The maximum atomic E-state index is 13.1. The van der Waals surface area contributed by atoms with Crippen LogP contribution < -0.4 is 11.2 Å². The maximum absolute atomic E-state index is 13.1. The smallest absolute Gasteiger partial charge is 0.335 e. The van der Waals surface area contributed by atoms with Gasteiger partial charge in [0.25, 0.3) is 5.56 Å². The zero-order chi connectivity index (χ0) is 21.3. The Hall–Kier alpha value is -2.90. The minimum absolute atomic E-state index is 0.0575. The first-order chi connectivity index (χ1) is 13.7. The van der Waals surface area contributed by atoms with E-state index in [2.05, 4.69) is 4.99 Å².